The quantitative estimate of drug-likeness (QED) is 0.797. The number of amides is 1. The van der Waals surface area contributed by atoms with Gasteiger partial charge in [0.25, 0.3) is 0 Å². The van der Waals surface area contributed by atoms with E-state index < -0.39 is 0 Å². The van der Waals surface area contributed by atoms with Crippen LogP contribution in [0.1, 0.15) is 22.3 Å². The van der Waals surface area contributed by atoms with Crippen LogP contribution in [-0.2, 0) is 22.6 Å². The maximum absolute atomic E-state index is 11.9. The third-order valence-corrected chi connectivity index (χ3v) is 3.54. The Balaban J connectivity index is 1.66. The molecule has 0 saturated carbocycles. The van der Waals surface area contributed by atoms with E-state index in [0.29, 0.717) is 26.2 Å². The molecular formula is C19H23NO2. The lowest BCUT2D eigenvalue weighted by atomic mass is 10.0. The van der Waals surface area contributed by atoms with Gasteiger partial charge in [-0.3, -0.25) is 4.79 Å². The molecule has 2 aromatic rings. The van der Waals surface area contributed by atoms with Crippen LogP contribution >= 0.6 is 0 Å². The summed E-state index contributed by atoms with van der Waals surface area (Å²) in [6.45, 7) is 5.71. The molecule has 2 aromatic carbocycles. The molecule has 1 amide bonds. The Kier molecular flexibility index (Phi) is 6.16. The highest BCUT2D eigenvalue weighted by Crippen LogP contribution is 2.11. The molecule has 0 spiro atoms. The van der Waals surface area contributed by atoms with Crippen molar-refractivity contribution in [1.82, 2.24) is 5.32 Å². The summed E-state index contributed by atoms with van der Waals surface area (Å²) < 4.78 is 5.55. The Hall–Kier alpha value is -2.13. The normalized spacial score (nSPS) is 10.5. The molecule has 22 heavy (non-hydrogen) atoms. The Morgan fingerprint density at radius 2 is 1.86 bits per heavy atom. The molecule has 2 rings (SSSR count). The van der Waals surface area contributed by atoms with Gasteiger partial charge in [0.2, 0.25) is 5.91 Å². The zero-order valence-corrected chi connectivity index (χ0v) is 13.3. The van der Waals surface area contributed by atoms with Gasteiger partial charge < -0.3 is 10.1 Å². The highest BCUT2D eigenvalue weighted by molar-refractivity contribution is 5.78. The van der Waals surface area contributed by atoms with Gasteiger partial charge in [-0.2, -0.15) is 0 Å². The van der Waals surface area contributed by atoms with Crippen molar-refractivity contribution in [2.75, 3.05) is 13.2 Å². The zero-order chi connectivity index (χ0) is 15.8. The predicted octanol–water partition coefficient (Wildman–Crippen LogP) is 3.18. The number of carbonyl (C=O) groups is 1. The van der Waals surface area contributed by atoms with Crippen molar-refractivity contribution in [1.29, 1.82) is 0 Å². The second-order valence-corrected chi connectivity index (χ2v) is 5.49. The Bertz CT molecular complexity index is 608. The molecule has 0 saturated heterocycles. The molecule has 0 unspecified atom stereocenters. The van der Waals surface area contributed by atoms with E-state index in [9.17, 15) is 4.79 Å². The van der Waals surface area contributed by atoms with Gasteiger partial charge in [-0.05, 0) is 30.5 Å². The van der Waals surface area contributed by atoms with Gasteiger partial charge in [-0.1, -0.05) is 54.1 Å². The molecule has 0 radical (unpaired) electrons. The summed E-state index contributed by atoms with van der Waals surface area (Å²) in [6, 6.07) is 16.2. The van der Waals surface area contributed by atoms with Gasteiger partial charge in [-0.25, -0.2) is 0 Å². The molecule has 116 valence electrons. The number of hydrogen-bond donors (Lipinski definition) is 1. The van der Waals surface area contributed by atoms with Crippen LogP contribution < -0.4 is 5.32 Å². The number of nitrogens with one attached hydrogen (secondary N) is 1. The molecule has 0 heterocycles. The monoisotopic (exact) mass is 297 g/mol. The van der Waals surface area contributed by atoms with Crippen molar-refractivity contribution in [3.05, 3.63) is 70.8 Å². The van der Waals surface area contributed by atoms with Crippen molar-refractivity contribution < 1.29 is 9.53 Å². The molecule has 0 aromatic heterocycles. The van der Waals surface area contributed by atoms with Crippen LogP contribution in [0.5, 0.6) is 0 Å². The van der Waals surface area contributed by atoms with Crippen molar-refractivity contribution >= 4 is 5.91 Å². The van der Waals surface area contributed by atoms with Crippen molar-refractivity contribution in [3.8, 4) is 0 Å². The minimum atomic E-state index is 0.0389. The lowest BCUT2D eigenvalue weighted by Crippen LogP contribution is -2.28. The van der Waals surface area contributed by atoms with Crippen LogP contribution in [0.3, 0.4) is 0 Å². The fraction of sp³-hybridized carbons (Fsp3) is 0.316. The van der Waals surface area contributed by atoms with E-state index in [1.165, 1.54) is 5.56 Å². The van der Waals surface area contributed by atoms with Crippen molar-refractivity contribution in [2.24, 2.45) is 0 Å². The van der Waals surface area contributed by atoms with Crippen LogP contribution in [0.4, 0.5) is 0 Å². The molecule has 3 heteroatoms. The van der Waals surface area contributed by atoms with Crippen LogP contribution in [0, 0.1) is 13.8 Å². The summed E-state index contributed by atoms with van der Waals surface area (Å²) in [6.07, 6.45) is 0.423. The van der Waals surface area contributed by atoms with Crippen molar-refractivity contribution in [3.63, 3.8) is 0 Å². The fourth-order valence-corrected chi connectivity index (χ4v) is 2.25. The highest BCUT2D eigenvalue weighted by Gasteiger charge is 2.05. The van der Waals surface area contributed by atoms with Crippen molar-refractivity contribution in [2.45, 2.75) is 26.9 Å². The molecule has 1 N–H and O–H groups in total. The van der Waals surface area contributed by atoms with E-state index in [1.54, 1.807) is 0 Å². The number of hydrogen-bond acceptors (Lipinski definition) is 2. The molecule has 0 bridgehead atoms. The third-order valence-electron chi connectivity index (χ3n) is 3.54. The molecular weight excluding hydrogens is 274 g/mol. The topological polar surface area (TPSA) is 38.3 Å². The summed E-state index contributed by atoms with van der Waals surface area (Å²) in [5.41, 5.74) is 4.56. The first-order chi connectivity index (χ1) is 10.6. The Morgan fingerprint density at radius 1 is 1.09 bits per heavy atom. The number of carbonyl (C=O) groups excluding carboxylic acids is 1. The van der Waals surface area contributed by atoms with Gasteiger partial charge in [0, 0.05) is 6.54 Å². The van der Waals surface area contributed by atoms with E-state index >= 15 is 0 Å². The van der Waals surface area contributed by atoms with E-state index in [4.69, 9.17) is 4.74 Å². The number of ether oxygens (including phenoxy) is 1. The first-order valence-electron chi connectivity index (χ1n) is 7.59. The first kappa shape index (κ1) is 16.2. The lowest BCUT2D eigenvalue weighted by molar-refractivity contribution is -0.120. The molecule has 0 atom stereocenters. The largest absolute Gasteiger partial charge is 0.375 e. The predicted molar refractivity (Wildman–Crippen MR) is 88.7 cm³/mol. The summed E-state index contributed by atoms with van der Waals surface area (Å²) >= 11 is 0. The van der Waals surface area contributed by atoms with Gasteiger partial charge >= 0.3 is 0 Å². The maximum Gasteiger partial charge on any atom is 0.224 e. The molecule has 3 nitrogen and oxygen atoms in total. The van der Waals surface area contributed by atoms with E-state index in [2.05, 4.69) is 23.5 Å². The summed E-state index contributed by atoms with van der Waals surface area (Å²) in [5, 5.41) is 2.90. The number of rotatable bonds is 7. The number of benzene rings is 2. The Labute approximate surface area is 132 Å². The van der Waals surface area contributed by atoms with Crippen LogP contribution in [0.25, 0.3) is 0 Å². The molecule has 0 aliphatic heterocycles. The Morgan fingerprint density at radius 3 is 2.64 bits per heavy atom. The zero-order valence-electron chi connectivity index (χ0n) is 13.3. The summed E-state index contributed by atoms with van der Waals surface area (Å²) in [7, 11) is 0. The SMILES string of the molecule is Cc1ccc(C)c(CC(=O)NCCOCc2ccccc2)c1. The van der Waals surface area contributed by atoms with Gasteiger partial charge in [0.15, 0.2) is 0 Å². The van der Waals surface area contributed by atoms with Crippen LogP contribution in [0.2, 0.25) is 0 Å². The smallest absolute Gasteiger partial charge is 0.224 e. The highest BCUT2D eigenvalue weighted by atomic mass is 16.5. The standard InChI is InChI=1S/C19H23NO2/c1-15-8-9-16(2)18(12-15)13-19(21)20-10-11-22-14-17-6-4-3-5-7-17/h3-9,12H,10-11,13-14H2,1-2H3,(H,20,21). The van der Waals surface area contributed by atoms with E-state index in [0.717, 1.165) is 16.7 Å². The lowest BCUT2D eigenvalue weighted by Gasteiger charge is -2.09. The molecule has 0 aliphatic rings. The third kappa shape index (κ3) is 5.34. The van der Waals surface area contributed by atoms with E-state index in [-0.39, 0.29) is 5.91 Å². The summed E-state index contributed by atoms with van der Waals surface area (Å²) in [4.78, 5) is 11.9. The second kappa shape index (κ2) is 8.35. The second-order valence-electron chi connectivity index (χ2n) is 5.49. The average molecular weight is 297 g/mol. The van der Waals surface area contributed by atoms with Crippen LogP contribution in [0.15, 0.2) is 48.5 Å². The fourth-order valence-electron chi connectivity index (χ4n) is 2.25. The molecule has 0 aliphatic carbocycles. The average Bonchev–Trinajstić information content (AvgIpc) is 2.51. The molecule has 0 fully saturated rings. The number of aryl methyl sites for hydroxylation is 2. The first-order valence-corrected chi connectivity index (χ1v) is 7.59. The summed E-state index contributed by atoms with van der Waals surface area (Å²) in [5.74, 6) is 0.0389. The minimum Gasteiger partial charge on any atom is -0.375 e. The van der Waals surface area contributed by atoms with Gasteiger partial charge in [0.1, 0.15) is 0 Å². The van der Waals surface area contributed by atoms with Crippen LogP contribution in [-0.4, -0.2) is 19.1 Å². The maximum atomic E-state index is 11.9. The van der Waals surface area contributed by atoms with E-state index in [1.807, 2.05) is 44.2 Å². The van der Waals surface area contributed by atoms with Gasteiger partial charge in [-0.15, -0.1) is 0 Å². The minimum absolute atomic E-state index is 0.0389. The van der Waals surface area contributed by atoms with Gasteiger partial charge in [0.05, 0.1) is 19.6 Å².